The summed E-state index contributed by atoms with van der Waals surface area (Å²) < 4.78 is 34.5. The lowest BCUT2D eigenvalue weighted by Gasteiger charge is -2.17. The van der Waals surface area contributed by atoms with Gasteiger partial charge in [0.15, 0.2) is 0 Å². The molecule has 0 aliphatic carbocycles. The van der Waals surface area contributed by atoms with E-state index in [4.69, 9.17) is 4.74 Å². The van der Waals surface area contributed by atoms with Crippen LogP contribution in [0.5, 0.6) is 5.75 Å². The number of carbonyl (C=O) groups is 1. The first kappa shape index (κ1) is 29.1. The van der Waals surface area contributed by atoms with Crippen LogP contribution in [0.4, 0.5) is 0 Å². The minimum Gasteiger partial charge on any atom is -0.493 e. The van der Waals surface area contributed by atoms with E-state index in [2.05, 4.69) is 22.2 Å². The van der Waals surface area contributed by atoms with Gasteiger partial charge in [0.2, 0.25) is 10.0 Å². The Hall–Kier alpha value is -3.49. The molecule has 0 aliphatic rings. The molecule has 0 unspecified atom stereocenters. The van der Waals surface area contributed by atoms with Gasteiger partial charge < -0.3 is 4.74 Å². The van der Waals surface area contributed by atoms with Crippen molar-refractivity contribution in [3.63, 3.8) is 0 Å². The number of amides is 1. The highest BCUT2D eigenvalue weighted by Crippen LogP contribution is 2.17. The third kappa shape index (κ3) is 9.43. The highest BCUT2D eigenvalue weighted by molar-refractivity contribution is 7.89. The number of hydrazone groups is 1. The first-order valence-electron chi connectivity index (χ1n) is 13.1. The van der Waals surface area contributed by atoms with Crippen LogP contribution in [0, 0.1) is 6.92 Å². The molecule has 202 valence electrons. The van der Waals surface area contributed by atoms with E-state index in [1.807, 2.05) is 61.5 Å². The van der Waals surface area contributed by atoms with Crippen LogP contribution in [-0.4, -0.2) is 33.2 Å². The predicted octanol–water partition coefficient (Wildman–Crippen LogP) is 5.38. The zero-order chi connectivity index (χ0) is 27.2. The molecule has 0 bridgehead atoms. The number of hydrogen-bond donors (Lipinski definition) is 2. The lowest BCUT2D eigenvalue weighted by molar-refractivity contribution is -0.122. The van der Waals surface area contributed by atoms with E-state index in [9.17, 15) is 13.2 Å². The van der Waals surface area contributed by atoms with Gasteiger partial charge in [-0.15, -0.1) is 0 Å². The van der Waals surface area contributed by atoms with Crippen molar-refractivity contribution in [1.29, 1.82) is 0 Å². The van der Waals surface area contributed by atoms with Crippen LogP contribution in [0.25, 0.3) is 0 Å². The molecule has 0 aromatic heterocycles. The summed E-state index contributed by atoms with van der Waals surface area (Å²) in [5.74, 6) is 0.122. The van der Waals surface area contributed by atoms with Crippen LogP contribution in [0.1, 0.15) is 55.7 Å². The Morgan fingerprint density at radius 3 is 2.34 bits per heavy atom. The van der Waals surface area contributed by atoms with Gasteiger partial charge in [-0.2, -0.15) is 9.82 Å². The van der Waals surface area contributed by atoms with E-state index in [-0.39, 0.29) is 11.3 Å². The highest BCUT2D eigenvalue weighted by Gasteiger charge is 2.26. The normalized spacial score (nSPS) is 12.4. The molecule has 0 saturated heterocycles. The van der Waals surface area contributed by atoms with Gasteiger partial charge in [-0.25, -0.2) is 13.8 Å². The highest BCUT2D eigenvalue weighted by atomic mass is 32.2. The lowest BCUT2D eigenvalue weighted by Crippen LogP contribution is -2.46. The lowest BCUT2D eigenvalue weighted by atomic mass is 10.1. The number of benzene rings is 3. The van der Waals surface area contributed by atoms with Gasteiger partial charge in [-0.1, -0.05) is 92.8 Å². The summed E-state index contributed by atoms with van der Waals surface area (Å²) >= 11 is 0. The second-order valence-electron chi connectivity index (χ2n) is 9.21. The molecule has 1 amide bonds. The van der Waals surface area contributed by atoms with Crippen molar-refractivity contribution in [2.45, 2.75) is 63.3 Å². The van der Waals surface area contributed by atoms with Crippen molar-refractivity contribution in [3.05, 3.63) is 95.6 Å². The second-order valence-corrected chi connectivity index (χ2v) is 10.9. The molecule has 0 heterocycles. The van der Waals surface area contributed by atoms with Gasteiger partial charge in [0.25, 0.3) is 5.91 Å². The zero-order valence-electron chi connectivity index (χ0n) is 22.1. The maximum absolute atomic E-state index is 13.1. The summed E-state index contributed by atoms with van der Waals surface area (Å²) in [7, 11) is -3.93. The minimum atomic E-state index is -3.93. The molecule has 0 saturated carbocycles. The zero-order valence-corrected chi connectivity index (χ0v) is 22.9. The maximum atomic E-state index is 13.1. The van der Waals surface area contributed by atoms with Crippen LogP contribution >= 0.6 is 0 Å². The third-order valence-corrected chi connectivity index (χ3v) is 7.52. The Kier molecular flexibility index (Phi) is 11.5. The van der Waals surface area contributed by atoms with Crippen molar-refractivity contribution in [1.82, 2.24) is 10.1 Å². The van der Waals surface area contributed by atoms with Crippen molar-refractivity contribution in [3.8, 4) is 5.75 Å². The predicted molar refractivity (Wildman–Crippen MR) is 152 cm³/mol. The average Bonchev–Trinajstić information content (AvgIpc) is 2.91. The largest absolute Gasteiger partial charge is 0.493 e. The molecule has 0 spiro atoms. The standard InChI is InChI=1S/C30H37N3O4S/c1-3-4-5-6-12-21-37-29-16-11-10-15-26(29)23-31-32-30(34)28(22-25-13-8-7-9-14-25)33-38(35,36)27-19-17-24(2)18-20-27/h7-11,13-20,23,28,33H,3-6,12,21-22H2,1-2H3,(H,32,34)/b31-23-/t28-/m0/s1. The Balaban J connectivity index is 1.68. The number of ether oxygens (including phenoxy) is 1. The van der Waals surface area contributed by atoms with E-state index in [1.165, 1.54) is 37.6 Å². The smallest absolute Gasteiger partial charge is 0.258 e. The van der Waals surface area contributed by atoms with Crippen molar-refractivity contribution in [2.75, 3.05) is 6.61 Å². The maximum Gasteiger partial charge on any atom is 0.258 e. The fraction of sp³-hybridized carbons (Fsp3) is 0.333. The van der Waals surface area contributed by atoms with Crippen LogP contribution in [0.2, 0.25) is 0 Å². The summed E-state index contributed by atoms with van der Waals surface area (Å²) in [6, 6.07) is 22.1. The Morgan fingerprint density at radius 2 is 1.61 bits per heavy atom. The first-order valence-corrected chi connectivity index (χ1v) is 14.5. The molecule has 3 aromatic rings. The van der Waals surface area contributed by atoms with Gasteiger partial charge in [0.1, 0.15) is 11.8 Å². The molecule has 3 rings (SSSR count). The van der Waals surface area contributed by atoms with Crippen LogP contribution in [-0.2, 0) is 21.2 Å². The second kappa shape index (κ2) is 15.1. The van der Waals surface area contributed by atoms with Crippen molar-refractivity contribution >= 4 is 22.1 Å². The van der Waals surface area contributed by atoms with Gasteiger partial charge in [0, 0.05) is 5.56 Å². The van der Waals surface area contributed by atoms with Gasteiger partial charge in [-0.05, 0) is 49.6 Å². The number of para-hydroxylation sites is 1. The quantitative estimate of drug-likeness (QED) is 0.155. The van der Waals surface area contributed by atoms with E-state index < -0.39 is 22.0 Å². The summed E-state index contributed by atoms with van der Waals surface area (Å²) in [6.45, 7) is 4.68. The van der Waals surface area contributed by atoms with Gasteiger partial charge in [-0.3, -0.25) is 4.79 Å². The monoisotopic (exact) mass is 535 g/mol. The fourth-order valence-corrected chi connectivity index (χ4v) is 5.06. The van der Waals surface area contributed by atoms with Crippen molar-refractivity contribution < 1.29 is 17.9 Å². The van der Waals surface area contributed by atoms with E-state index in [1.54, 1.807) is 12.1 Å². The summed E-state index contributed by atoms with van der Waals surface area (Å²) in [5, 5.41) is 4.11. The number of unbranched alkanes of at least 4 members (excludes halogenated alkanes) is 4. The first-order chi connectivity index (χ1) is 18.4. The van der Waals surface area contributed by atoms with E-state index in [0.29, 0.717) is 12.4 Å². The van der Waals surface area contributed by atoms with Crippen molar-refractivity contribution in [2.24, 2.45) is 5.10 Å². The molecule has 2 N–H and O–H groups in total. The van der Waals surface area contributed by atoms with E-state index in [0.717, 1.165) is 29.5 Å². The Bertz CT molecular complexity index is 1280. The fourth-order valence-electron chi connectivity index (χ4n) is 3.86. The molecule has 8 heteroatoms. The number of nitrogens with zero attached hydrogens (tertiary/aromatic N) is 1. The molecule has 0 radical (unpaired) electrons. The van der Waals surface area contributed by atoms with Gasteiger partial charge in [0.05, 0.1) is 17.7 Å². The van der Waals surface area contributed by atoms with E-state index >= 15 is 0 Å². The Morgan fingerprint density at radius 1 is 0.921 bits per heavy atom. The molecule has 3 aromatic carbocycles. The van der Waals surface area contributed by atoms with Crippen LogP contribution < -0.4 is 14.9 Å². The third-order valence-electron chi connectivity index (χ3n) is 6.03. The number of rotatable bonds is 15. The number of hydrogen-bond acceptors (Lipinski definition) is 5. The molecular weight excluding hydrogens is 498 g/mol. The molecule has 0 fully saturated rings. The molecule has 1 atom stereocenters. The summed E-state index contributed by atoms with van der Waals surface area (Å²) in [4.78, 5) is 13.2. The summed E-state index contributed by atoms with van der Waals surface area (Å²) in [5.41, 5.74) is 4.99. The topological polar surface area (TPSA) is 96.9 Å². The molecule has 0 aliphatic heterocycles. The number of nitrogens with one attached hydrogen (secondary N) is 2. The van der Waals surface area contributed by atoms with Crippen LogP contribution in [0.3, 0.4) is 0 Å². The number of aryl methyl sites for hydroxylation is 1. The summed E-state index contributed by atoms with van der Waals surface area (Å²) in [6.07, 6.45) is 7.42. The minimum absolute atomic E-state index is 0.0956. The molecular formula is C30H37N3O4S. The average molecular weight is 536 g/mol. The van der Waals surface area contributed by atoms with Gasteiger partial charge >= 0.3 is 0 Å². The molecule has 7 nitrogen and oxygen atoms in total. The SMILES string of the molecule is CCCCCCCOc1ccccc1/C=N\NC(=O)[C@H](Cc1ccccc1)NS(=O)(=O)c1ccc(C)cc1. The number of sulfonamides is 1. The molecule has 38 heavy (non-hydrogen) atoms. The van der Waals surface area contributed by atoms with Crippen LogP contribution in [0.15, 0.2) is 88.9 Å². The Labute approximate surface area is 226 Å². The number of carbonyl (C=O) groups excluding carboxylic acids is 1.